The number of aromatic nitrogens is 3. The zero-order valence-electron chi connectivity index (χ0n) is 16.7. The van der Waals surface area contributed by atoms with Crippen LogP contribution >= 0.6 is 0 Å². The van der Waals surface area contributed by atoms with Gasteiger partial charge in [-0.25, -0.2) is 15.0 Å². The molecular formula is C22H24N6O. The van der Waals surface area contributed by atoms with E-state index in [0.29, 0.717) is 24.7 Å². The fourth-order valence-electron chi connectivity index (χ4n) is 3.34. The Labute approximate surface area is 170 Å². The second-order valence-electron chi connectivity index (χ2n) is 7.18. The van der Waals surface area contributed by atoms with E-state index in [4.69, 9.17) is 0 Å². The van der Waals surface area contributed by atoms with E-state index in [1.165, 1.54) is 5.56 Å². The largest absolute Gasteiger partial charge is 0.353 e. The summed E-state index contributed by atoms with van der Waals surface area (Å²) in [5.41, 5.74) is 3.24. The summed E-state index contributed by atoms with van der Waals surface area (Å²) in [6.07, 6.45) is 1.79. The molecule has 1 aliphatic rings. The SMILES string of the molecule is Cc1ccc(Nc2nc(C)cc(C(=O)N3CCN(c4ccccn4)CC3)n2)cc1. The minimum absolute atomic E-state index is 0.0665. The number of piperazine rings is 1. The number of nitrogens with one attached hydrogen (secondary N) is 1. The van der Waals surface area contributed by atoms with Gasteiger partial charge in [0.15, 0.2) is 0 Å². The van der Waals surface area contributed by atoms with E-state index < -0.39 is 0 Å². The van der Waals surface area contributed by atoms with Gasteiger partial charge in [-0.2, -0.15) is 0 Å². The van der Waals surface area contributed by atoms with Crippen molar-refractivity contribution in [3.8, 4) is 0 Å². The normalized spacial score (nSPS) is 14.0. The van der Waals surface area contributed by atoms with Gasteiger partial charge in [-0.05, 0) is 44.2 Å². The number of rotatable bonds is 4. The molecule has 7 heteroatoms. The van der Waals surface area contributed by atoms with Crippen LogP contribution in [-0.4, -0.2) is 51.9 Å². The standard InChI is InChI=1S/C22H24N6O/c1-16-6-8-18(9-7-16)25-22-24-17(2)15-19(26-22)21(29)28-13-11-27(12-14-28)20-5-3-4-10-23-20/h3-10,15H,11-14H2,1-2H3,(H,24,25,26). The molecule has 3 aromatic rings. The minimum atomic E-state index is -0.0665. The van der Waals surface area contributed by atoms with Crippen molar-refractivity contribution in [2.24, 2.45) is 0 Å². The minimum Gasteiger partial charge on any atom is -0.353 e. The lowest BCUT2D eigenvalue weighted by molar-refractivity contribution is 0.0740. The van der Waals surface area contributed by atoms with Crippen molar-refractivity contribution in [1.82, 2.24) is 19.9 Å². The summed E-state index contributed by atoms with van der Waals surface area (Å²) in [7, 11) is 0. The maximum absolute atomic E-state index is 13.0. The molecular weight excluding hydrogens is 364 g/mol. The van der Waals surface area contributed by atoms with Crippen molar-refractivity contribution in [3.63, 3.8) is 0 Å². The van der Waals surface area contributed by atoms with Crippen LogP contribution in [0.1, 0.15) is 21.7 Å². The van der Waals surface area contributed by atoms with Gasteiger partial charge < -0.3 is 15.1 Å². The van der Waals surface area contributed by atoms with Gasteiger partial charge in [-0.15, -0.1) is 0 Å². The summed E-state index contributed by atoms with van der Waals surface area (Å²) >= 11 is 0. The van der Waals surface area contributed by atoms with Crippen LogP contribution in [0.3, 0.4) is 0 Å². The van der Waals surface area contributed by atoms with E-state index in [9.17, 15) is 4.79 Å². The molecule has 0 spiro atoms. The molecule has 1 amide bonds. The predicted molar refractivity (Wildman–Crippen MR) is 114 cm³/mol. The number of amides is 1. The molecule has 29 heavy (non-hydrogen) atoms. The molecule has 1 aliphatic heterocycles. The Morgan fingerprint density at radius 2 is 1.72 bits per heavy atom. The van der Waals surface area contributed by atoms with Gasteiger partial charge in [0, 0.05) is 43.8 Å². The Balaban J connectivity index is 1.45. The van der Waals surface area contributed by atoms with Crippen LogP contribution in [-0.2, 0) is 0 Å². The van der Waals surface area contributed by atoms with Crippen LogP contribution in [0, 0.1) is 13.8 Å². The van der Waals surface area contributed by atoms with Crippen molar-refractivity contribution in [2.75, 3.05) is 36.4 Å². The second-order valence-corrected chi connectivity index (χ2v) is 7.18. The number of benzene rings is 1. The number of carbonyl (C=O) groups is 1. The first-order valence-electron chi connectivity index (χ1n) is 9.73. The lowest BCUT2D eigenvalue weighted by Crippen LogP contribution is -2.49. The molecule has 3 heterocycles. The van der Waals surface area contributed by atoms with Gasteiger partial charge in [0.05, 0.1) is 0 Å². The number of pyridine rings is 1. The van der Waals surface area contributed by atoms with E-state index in [1.54, 1.807) is 12.3 Å². The van der Waals surface area contributed by atoms with Gasteiger partial charge in [0.25, 0.3) is 5.91 Å². The van der Waals surface area contributed by atoms with Crippen LogP contribution in [0.2, 0.25) is 0 Å². The zero-order valence-corrected chi connectivity index (χ0v) is 16.7. The summed E-state index contributed by atoms with van der Waals surface area (Å²) in [5, 5.41) is 3.19. The summed E-state index contributed by atoms with van der Waals surface area (Å²) in [6, 6.07) is 15.6. The number of carbonyl (C=O) groups excluding carboxylic acids is 1. The third-order valence-corrected chi connectivity index (χ3v) is 4.92. The van der Waals surface area contributed by atoms with Crippen molar-refractivity contribution in [2.45, 2.75) is 13.8 Å². The quantitative estimate of drug-likeness (QED) is 0.740. The van der Waals surface area contributed by atoms with Crippen LogP contribution < -0.4 is 10.2 Å². The Kier molecular flexibility index (Phi) is 5.37. The maximum Gasteiger partial charge on any atom is 0.272 e. The fraction of sp³-hybridized carbons (Fsp3) is 0.273. The zero-order chi connectivity index (χ0) is 20.2. The average Bonchev–Trinajstić information content (AvgIpc) is 2.75. The summed E-state index contributed by atoms with van der Waals surface area (Å²) in [5.74, 6) is 1.31. The first kappa shape index (κ1) is 18.9. The maximum atomic E-state index is 13.0. The highest BCUT2D eigenvalue weighted by atomic mass is 16.2. The highest BCUT2D eigenvalue weighted by molar-refractivity contribution is 5.93. The molecule has 1 fully saturated rings. The van der Waals surface area contributed by atoms with Crippen molar-refractivity contribution in [1.29, 1.82) is 0 Å². The number of hydrogen-bond acceptors (Lipinski definition) is 6. The monoisotopic (exact) mass is 388 g/mol. The molecule has 1 saturated heterocycles. The van der Waals surface area contributed by atoms with Gasteiger partial charge in [-0.3, -0.25) is 4.79 Å². The van der Waals surface area contributed by atoms with E-state index in [0.717, 1.165) is 30.3 Å². The van der Waals surface area contributed by atoms with E-state index in [-0.39, 0.29) is 5.91 Å². The molecule has 0 unspecified atom stereocenters. The molecule has 0 bridgehead atoms. The molecule has 4 rings (SSSR count). The Bertz CT molecular complexity index is 982. The van der Waals surface area contributed by atoms with E-state index in [2.05, 4.69) is 25.2 Å². The van der Waals surface area contributed by atoms with Gasteiger partial charge in [-0.1, -0.05) is 23.8 Å². The smallest absolute Gasteiger partial charge is 0.272 e. The number of aryl methyl sites for hydroxylation is 2. The third-order valence-electron chi connectivity index (χ3n) is 4.92. The van der Waals surface area contributed by atoms with Crippen LogP contribution in [0.25, 0.3) is 0 Å². The molecule has 0 radical (unpaired) electrons. The van der Waals surface area contributed by atoms with Crippen LogP contribution in [0.5, 0.6) is 0 Å². The number of hydrogen-bond donors (Lipinski definition) is 1. The third kappa shape index (κ3) is 4.51. The van der Waals surface area contributed by atoms with E-state index >= 15 is 0 Å². The summed E-state index contributed by atoms with van der Waals surface area (Å²) in [6.45, 7) is 6.69. The molecule has 1 aromatic carbocycles. The predicted octanol–water partition coefficient (Wildman–Crippen LogP) is 3.19. The number of anilines is 3. The molecule has 1 N–H and O–H groups in total. The molecule has 0 saturated carbocycles. The summed E-state index contributed by atoms with van der Waals surface area (Å²) < 4.78 is 0. The second kappa shape index (κ2) is 8.26. The van der Waals surface area contributed by atoms with Gasteiger partial charge >= 0.3 is 0 Å². The van der Waals surface area contributed by atoms with Crippen molar-refractivity contribution >= 4 is 23.4 Å². The Hall–Kier alpha value is -3.48. The number of nitrogens with zero attached hydrogens (tertiary/aromatic N) is 5. The summed E-state index contributed by atoms with van der Waals surface area (Å²) in [4.78, 5) is 30.3. The van der Waals surface area contributed by atoms with Gasteiger partial charge in [0.1, 0.15) is 11.5 Å². The topological polar surface area (TPSA) is 74.2 Å². The highest BCUT2D eigenvalue weighted by Crippen LogP contribution is 2.17. The Morgan fingerprint density at radius 3 is 2.41 bits per heavy atom. The van der Waals surface area contributed by atoms with Crippen LogP contribution in [0.15, 0.2) is 54.7 Å². The average molecular weight is 388 g/mol. The molecule has 148 valence electrons. The highest BCUT2D eigenvalue weighted by Gasteiger charge is 2.24. The molecule has 2 aromatic heterocycles. The lowest BCUT2D eigenvalue weighted by Gasteiger charge is -2.35. The lowest BCUT2D eigenvalue weighted by atomic mass is 10.2. The van der Waals surface area contributed by atoms with Crippen molar-refractivity contribution < 1.29 is 4.79 Å². The van der Waals surface area contributed by atoms with E-state index in [1.807, 2.05) is 61.2 Å². The van der Waals surface area contributed by atoms with Crippen LogP contribution in [0.4, 0.5) is 17.5 Å². The first-order chi connectivity index (χ1) is 14.1. The molecule has 0 atom stereocenters. The van der Waals surface area contributed by atoms with Gasteiger partial charge in [0.2, 0.25) is 5.95 Å². The molecule has 7 nitrogen and oxygen atoms in total. The first-order valence-corrected chi connectivity index (χ1v) is 9.73. The Morgan fingerprint density at radius 1 is 0.966 bits per heavy atom. The fourth-order valence-corrected chi connectivity index (χ4v) is 3.34. The van der Waals surface area contributed by atoms with Crippen molar-refractivity contribution in [3.05, 3.63) is 71.7 Å². The molecule has 0 aliphatic carbocycles.